The largest absolute Gasteiger partial charge is 0.329 e. The Kier molecular flexibility index (Phi) is 6.36. The van der Waals surface area contributed by atoms with Gasteiger partial charge in [-0.1, -0.05) is 0 Å². The van der Waals surface area contributed by atoms with Gasteiger partial charge in [0, 0.05) is 24.0 Å². The molecule has 0 aliphatic heterocycles. The van der Waals surface area contributed by atoms with Gasteiger partial charge in [0.15, 0.2) is 0 Å². The van der Waals surface area contributed by atoms with E-state index in [9.17, 15) is 0 Å². The Balaban J connectivity index is 0.00000196. The Labute approximate surface area is 102 Å². The summed E-state index contributed by atoms with van der Waals surface area (Å²) in [6, 6.07) is 0.421. The number of likely N-dealkylation sites (N-methyl/N-ethyl adjacent to an activating group) is 1. The molecule has 2 N–H and O–H groups in total. The SMILES string of the molecule is Cc1nc(C)c(C(C)N(C)CCN)s1.Cl. The molecule has 1 rings (SSSR count). The number of rotatable bonds is 4. The molecule has 88 valence electrons. The third kappa shape index (κ3) is 3.72. The Hall–Kier alpha value is -0.160. The van der Waals surface area contributed by atoms with Crippen LogP contribution in [0.15, 0.2) is 0 Å². The minimum atomic E-state index is 0. The second kappa shape index (κ2) is 6.43. The molecule has 1 aromatic heterocycles. The van der Waals surface area contributed by atoms with E-state index in [4.69, 9.17) is 5.73 Å². The van der Waals surface area contributed by atoms with Crippen molar-refractivity contribution >= 4 is 23.7 Å². The summed E-state index contributed by atoms with van der Waals surface area (Å²) in [6.07, 6.45) is 0. The van der Waals surface area contributed by atoms with Crippen LogP contribution in [0.3, 0.4) is 0 Å². The fourth-order valence-electron chi connectivity index (χ4n) is 1.53. The first kappa shape index (κ1) is 14.8. The molecule has 1 unspecified atom stereocenters. The number of hydrogen-bond acceptors (Lipinski definition) is 4. The van der Waals surface area contributed by atoms with Crippen molar-refractivity contribution < 1.29 is 0 Å². The zero-order valence-corrected chi connectivity index (χ0v) is 11.4. The second-order valence-electron chi connectivity index (χ2n) is 3.63. The molecular formula is C10H20ClN3S. The molecule has 0 spiro atoms. The molecule has 0 amide bonds. The van der Waals surface area contributed by atoms with Crippen molar-refractivity contribution in [1.82, 2.24) is 9.88 Å². The average molecular weight is 250 g/mol. The molecule has 1 heterocycles. The van der Waals surface area contributed by atoms with Crippen molar-refractivity contribution in [3.8, 4) is 0 Å². The Bertz CT molecular complexity index is 301. The van der Waals surface area contributed by atoms with Crippen molar-refractivity contribution in [2.24, 2.45) is 5.73 Å². The molecule has 15 heavy (non-hydrogen) atoms. The van der Waals surface area contributed by atoms with Gasteiger partial charge in [-0.3, -0.25) is 4.90 Å². The highest BCUT2D eigenvalue weighted by atomic mass is 35.5. The van der Waals surface area contributed by atoms with Crippen LogP contribution in [0.1, 0.15) is 28.5 Å². The van der Waals surface area contributed by atoms with Crippen LogP contribution in [0.25, 0.3) is 0 Å². The van der Waals surface area contributed by atoms with Crippen LogP contribution in [-0.2, 0) is 0 Å². The van der Waals surface area contributed by atoms with E-state index >= 15 is 0 Å². The third-order valence-corrected chi connectivity index (χ3v) is 3.70. The van der Waals surface area contributed by atoms with Crippen LogP contribution in [0.4, 0.5) is 0 Å². The van der Waals surface area contributed by atoms with Crippen LogP contribution in [0.5, 0.6) is 0 Å². The normalized spacial score (nSPS) is 12.7. The van der Waals surface area contributed by atoms with E-state index in [-0.39, 0.29) is 12.4 Å². The molecule has 1 aromatic rings. The Morgan fingerprint density at radius 1 is 1.47 bits per heavy atom. The third-order valence-electron chi connectivity index (χ3n) is 2.46. The molecule has 0 bridgehead atoms. The van der Waals surface area contributed by atoms with Gasteiger partial charge >= 0.3 is 0 Å². The van der Waals surface area contributed by atoms with Gasteiger partial charge in [0.1, 0.15) is 0 Å². The van der Waals surface area contributed by atoms with E-state index < -0.39 is 0 Å². The highest BCUT2D eigenvalue weighted by Gasteiger charge is 2.16. The van der Waals surface area contributed by atoms with Crippen LogP contribution in [0, 0.1) is 13.8 Å². The summed E-state index contributed by atoms with van der Waals surface area (Å²) in [4.78, 5) is 8.06. The molecule has 0 saturated carbocycles. The molecule has 3 nitrogen and oxygen atoms in total. The van der Waals surface area contributed by atoms with E-state index in [0.717, 1.165) is 17.2 Å². The summed E-state index contributed by atoms with van der Waals surface area (Å²) in [7, 11) is 2.10. The average Bonchev–Trinajstić information content (AvgIpc) is 2.44. The summed E-state index contributed by atoms with van der Waals surface area (Å²) in [6.45, 7) is 7.97. The topological polar surface area (TPSA) is 42.2 Å². The lowest BCUT2D eigenvalue weighted by Crippen LogP contribution is -2.28. The van der Waals surface area contributed by atoms with Crippen LogP contribution >= 0.6 is 23.7 Å². The predicted octanol–water partition coefficient (Wildman–Crippen LogP) is 2.13. The van der Waals surface area contributed by atoms with E-state index in [0.29, 0.717) is 12.6 Å². The van der Waals surface area contributed by atoms with E-state index in [1.807, 2.05) is 0 Å². The van der Waals surface area contributed by atoms with E-state index in [2.05, 4.69) is 37.7 Å². The van der Waals surface area contributed by atoms with Gasteiger partial charge in [-0.15, -0.1) is 23.7 Å². The molecule has 1 atom stereocenters. The lowest BCUT2D eigenvalue weighted by molar-refractivity contribution is 0.271. The Morgan fingerprint density at radius 3 is 2.47 bits per heavy atom. The number of hydrogen-bond donors (Lipinski definition) is 1. The number of thiazole rings is 1. The minimum Gasteiger partial charge on any atom is -0.329 e. The number of nitrogens with zero attached hydrogens (tertiary/aromatic N) is 2. The standard InChI is InChI=1S/C10H19N3S.ClH/c1-7-10(14-9(3)12-7)8(2)13(4)6-5-11;/h8H,5-6,11H2,1-4H3;1H. The minimum absolute atomic E-state index is 0. The lowest BCUT2D eigenvalue weighted by atomic mass is 10.2. The molecule has 0 radical (unpaired) electrons. The molecule has 0 saturated heterocycles. The van der Waals surface area contributed by atoms with Crippen LogP contribution in [0.2, 0.25) is 0 Å². The van der Waals surface area contributed by atoms with E-state index in [1.54, 1.807) is 11.3 Å². The summed E-state index contributed by atoms with van der Waals surface area (Å²) in [5.74, 6) is 0. The maximum Gasteiger partial charge on any atom is 0.0900 e. The monoisotopic (exact) mass is 249 g/mol. The maximum atomic E-state index is 5.53. The van der Waals surface area contributed by atoms with Crippen LogP contribution in [-0.4, -0.2) is 30.0 Å². The zero-order valence-electron chi connectivity index (χ0n) is 9.78. The fourth-order valence-corrected chi connectivity index (χ4v) is 2.58. The highest BCUT2D eigenvalue weighted by Crippen LogP contribution is 2.27. The highest BCUT2D eigenvalue weighted by molar-refractivity contribution is 7.11. The molecular weight excluding hydrogens is 230 g/mol. The molecule has 0 fully saturated rings. The van der Waals surface area contributed by atoms with Gasteiger partial charge in [-0.2, -0.15) is 0 Å². The fraction of sp³-hybridized carbons (Fsp3) is 0.700. The molecule has 0 aromatic carbocycles. The Morgan fingerprint density at radius 2 is 2.07 bits per heavy atom. The lowest BCUT2D eigenvalue weighted by Gasteiger charge is -2.23. The van der Waals surface area contributed by atoms with Crippen LogP contribution < -0.4 is 5.73 Å². The van der Waals surface area contributed by atoms with Crippen molar-refractivity contribution in [1.29, 1.82) is 0 Å². The quantitative estimate of drug-likeness (QED) is 0.889. The predicted molar refractivity (Wildman–Crippen MR) is 68.9 cm³/mol. The first-order valence-electron chi connectivity index (χ1n) is 4.90. The van der Waals surface area contributed by atoms with Gasteiger partial charge in [-0.25, -0.2) is 4.98 Å². The molecule has 0 aliphatic carbocycles. The molecule has 0 aliphatic rings. The first-order chi connectivity index (χ1) is 6.56. The summed E-state index contributed by atoms with van der Waals surface area (Å²) < 4.78 is 0. The number of halogens is 1. The van der Waals surface area contributed by atoms with Gasteiger partial charge in [0.25, 0.3) is 0 Å². The van der Waals surface area contributed by atoms with Crippen molar-refractivity contribution in [3.05, 3.63) is 15.6 Å². The molecule has 5 heteroatoms. The van der Waals surface area contributed by atoms with Crippen molar-refractivity contribution in [2.45, 2.75) is 26.8 Å². The van der Waals surface area contributed by atoms with Gasteiger partial charge < -0.3 is 5.73 Å². The summed E-state index contributed by atoms with van der Waals surface area (Å²) in [5.41, 5.74) is 6.69. The van der Waals surface area contributed by atoms with Gasteiger partial charge in [0.2, 0.25) is 0 Å². The smallest absolute Gasteiger partial charge is 0.0900 e. The van der Waals surface area contributed by atoms with Crippen molar-refractivity contribution in [3.63, 3.8) is 0 Å². The summed E-state index contributed by atoms with van der Waals surface area (Å²) >= 11 is 1.78. The zero-order chi connectivity index (χ0) is 10.7. The van der Waals surface area contributed by atoms with Crippen molar-refractivity contribution in [2.75, 3.05) is 20.1 Å². The number of aryl methyl sites for hydroxylation is 2. The summed E-state index contributed by atoms with van der Waals surface area (Å²) in [5, 5.41) is 1.14. The number of aromatic nitrogens is 1. The van der Waals surface area contributed by atoms with Gasteiger partial charge in [0.05, 0.1) is 10.7 Å². The first-order valence-corrected chi connectivity index (χ1v) is 5.72. The number of nitrogens with two attached hydrogens (primary N) is 1. The second-order valence-corrected chi connectivity index (χ2v) is 4.86. The van der Waals surface area contributed by atoms with E-state index in [1.165, 1.54) is 4.88 Å². The van der Waals surface area contributed by atoms with Gasteiger partial charge in [-0.05, 0) is 27.8 Å². The maximum absolute atomic E-state index is 5.53.